The zero-order valence-electron chi connectivity index (χ0n) is 6.38. The van der Waals surface area contributed by atoms with Gasteiger partial charge in [0.15, 0.2) is 11.5 Å². The summed E-state index contributed by atoms with van der Waals surface area (Å²) in [5, 5.41) is 12.3. The monoisotopic (exact) mass is 226 g/mol. The molecule has 12 heavy (non-hydrogen) atoms. The minimum absolute atomic E-state index is 0.358. The maximum Gasteiger partial charge on any atom is 0.197 e. The minimum atomic E-state index is 0.358. The number of halogens is 1. The van der Waals surface area contributed by atoms with Crippen molar-refractivity contribution in [2.75, 3.05) is 0 Å². The van der Waals surface area contributed by atoms with Gasteiger partial charge < -0.3 is 4.52 Å². The van der Waals surface area contributed by atoms with Crippen LogP contribution < -0.4 is 0 Å². The molecule has 1 heterocycles. The van der Waals surface area contributed by atoms with E-state index in [0.717, 1.165) is 23.1 Å². The van der Waals surface area contributed by atoms with Gasteiger partial charge in [0.05, 0.1) is 4.47 Å². The third-order valence-corrected chi connectivity index (χ3v) is 3.01. The summed E-state index contributed by atoms with van der Waals surface area (Å²) in [7, 11) is 0. The Morgan fingerprint density at radius 2 is 2.33 bits per heavy atom. The van der Waals surface area contributed by atoms with E-state index in [-0.39, 0.29) is 0 Å². The maximum absolute atomic E-state index is 8.60. The van der Waals surface area contributed by atoms with E-state index >= 15 is 0 Å². The number of hydrogen-bond acceptors (Lipinski definition) is 3. The Hall–Kier alpha value is -0.820. The van der Waals surface area contributed by atoms with E-state index in [1.54, 1.807) is 0 Å². The van der Waals surface area contributed by atoms with Crippen LogP contribution in [0.4, 0.5) is 0 Å². The highest BCUT2D eigenvalue weighted by Crippen LogP contribution is 2.40. The van der Waals surface area contributed by atoms with Crippen LogP contribution in [0.2, 0.25) is 0 Å². The Kier molecular flexibility index (Phi) is 1.89. The van der Waals surface area contributed by atoms with Gasteiger partial charge in [-0.1, -0.05) is 11.6 Å². The number of nitrogens with zero attached hydrogens (tertiary/aromatic N) is 2. The Bertz CT molecular complexity index is 335. The van der Waals surface area contributed by atoms with Gasteiger partial charge in [-0.3, -0.25) is 0 Å². The van der Waals surface area contributed by atoms with Crippen molar-refractivity contribution in [1.29, 1.82) is 5.26 Å². The zero-order chi connectivity index (χ0) is 8.55. The van der Waals surface area contributed by atoms with Gasteiger partial charge in [-0.05, 0) is 28.8 Å². The van der Waals surface area contributed by atoms with Crippen LogP contribution in [0.15, 0.2) is 9.00 Å². The highest BCUT2D eigenvalue weighted by molar-refractivity contribution is 9.10. The Morgan fingerprint density at radius 3 is 2.75 bits per heavy atom. The molecule has 0 radical (unpaired) electrons. The summed E-state index contributed by atoms with van der Waals surface area (Å²) in [5.74, 6) is 1.33. The zero-order valence-corrected chi connectivity index (χ0v) is 7.97. The van der Waals surface area contributed by atoms with Gasteiger partial charge in [-0.15, -0.1) is 0 Å². The van der Waals surface area contributed by atoms with Crippen molar-refractivity contribution in [2.45, 2.75) is 25.2 Å². The van der Waals surface area contributed by atoms with E-state index in [4.69, 9.17) is 9.78 Å². The third-order valence-electron chi connectivity index (χ3n) is 2.24. The molecule has 0 unspecified atom stereocenters. The van der Waals surface area contributed by atoms with Gasteiger partial charge in [-0.25, -0.2) is 0 Å². The molecule has 1 aliphatic carbocycles. The van der Waals surface area contributed by atoms with Crippen LogP contribution in [0, 0.1) is 11.3 Å². The highest BCUT2D eigenvalue weighted by atomic mass is 79.9. The molecule has 0 aromatic carbocycles. The molecule has 0 atom stereocenters. The normalized spacial score (nSPS) is 17.0. The smallest absolute Gasteiger partial charge is 0.197 e. The number of rotatable bonds is 1. The largest absolute Gasteiger partial charge is 0.359 e. The van der Waals surface area contributed by atoms with Crippen LogP contribution in [-0.4, -0.2) is 5.16 Å². The lowest BCUT2D eigenvalue weighted by atomic mass is 9.83. The molecule has 1 aliphatic rings. The summed E-state index contributed by atoms with van der Waals surface area (Å²) in [6.45, 7) is 0. The lowest BCUT2D eigenvalue weighted by Crippen LogP contribution is -2.07. The average molecular weight is 227 g/mol. The van der Waals surface area contributed by atoms with Crippen molar-refractivity contribution in [3.05, 3.63) is 15.9 Å². The molecule has 1 saturated carbocycles. The fraction of sp³-hybridized carbons (Fsp3) is 0.500. The third kappa shape index (κ3) is 1.05. The molecular formula is C8H7BrN2O. The number of aromatic nitrogens is 1. The SMILES string of the molecule is N#Cc1noc(C2CCC2)c1Br. The summed E-state index contributed by atoms with van der Waals surface area (Å²) < 4.78 is 5.82. The Labute approximate surface area is 78.5 Å². The fourth-order valence-corrected chi connectivity index (χ4v) is 1.84. The van der Waals surface area contributed by atoms with Crippen molar-refractivity contribution >= 4 is 15.9 Å². The predicted octanol–water partition coefficient (Wildman–Crippen LogP) is 2.58. The van der Waals surface area contributed by atoms with E-state index in [1.807, 2.05) is 6.07 Å². The first-order chi connectivity index (χ1) is 5.83. The Morgan fingerprint density at radius 1 is 1.58 bits per heavy atom. The molecule has 1 aromatic rings. The topological polar surface area (TPSA) is 49.8 Å². The van der Waals surface area contributed by atoms with Crippen molar-refractivity contribution in [2.24, 2.45) is 0 Å². The average Bonchev–Trinajstić information content (AvgIpc) is 2.30. The summed E-state index contributed by atoms with van der Waals surface area (Å²) >= 11 is 3.31. The van der Waals surface area contributed by atoms with E-state index in [1.165, 1.54) is 6.42 Å². The van der Waals surface area contributed by atoms with Crippen LogP contribution in [0.5, 0.6) is 0 Å². The van der Waals surface area contributed by atoms with E-state index in [2.05, 4.69) is 21.1 Å². The van der Waals surface area contributed by atoms with Gasteiger partial charge in [-0.2, -0.15) is 5.26 Å². The minimum Gasteiger partial charge on any atom is -0.359 e. The molecule has 0 aliphatic heterocycles. The molecule has 0 N–H and O–H groups in total. The van der Waals surface area contributed by atoms with Crippen molar-refractivity contribution < 1.29 is 4.52 Å². The van der Waals surface area contributed by atoms with Crippen molar-refractivity contribution in [3.8, 4) is 6.07 Å². The Balaban J connectivity index is 2.33. The van der Waals surface area contributed by atoms with Crippen LogP contribution in [0.1, 0.15) is 36.6 Å². The molecule has 3 nitrogen and oxygen atoms in total. The molecule has 4 heteroatoms. The highest BCUT2D eigenvalue weighted by Gasteiger charge is 2.27. The molecule has 0 spiro atoms. The number of hydrogen-bond donors (Lipinski definition) is 0. The molecule has 2 rings (SSSR count). The molecule has 1 fully saturated rings. The molecule has 62 valence electrons. The first kappa shape index (κ1) is 7.81. The van der Waals surface area contributed by atoms with Crippen LogP contribution >= 0.6 is 15.9 Å². The van der Waals surface area contributed by atoms with Gasteiger partial charge in [0.25, 0.3) is 0 Å². The second-order valence-electron chi connectivity index (χ2n) is 2.95. The van der Waals surface area contributed by atoms with Gasteiger partial charge in [0, 0.05) is 5.92 Å². The second-order valence-corrected chi connectivity index (χ2v) is 3.74. The summed E-state index contributed by atoms with van der Waals surface area (Å²) in [6.07, 6.45) is 3.55. The van der Waals surface area contributed by atoms with E-state index in [0.29, 0.717) is 11.6 Å². The molecule has 0 bridgehead atoms. The standard InChI is InChI=1S/C8H7BrN2O/c9-7-6(4-10)11-12-8(7)5-2-1-3-5/h5H,1-3H2. The van der Waals surface area contributed by atoms with E-state index < -0.39 is 0 Å². The van der Waals surface area contributed by atoms with Crippen molar-refractivity contribution in [3.63, 3.8) is 0 Å². The summed E-state index contributed by atoms with van der Waals surface area (Å²) in [5.41, 5.74) is 0.358. The lowest BCUT2D eigenvalue weighted by Gasteiger charge is -2.22. The number of nitriles is 1. The summed E-state index contributed by atoms with van der Waals surface area (Å²) in [6, 6.07) is 1.97. The predicted molar refractivity (Wildman–Crippen MR) is 45.5 cm³/mol. The van der Waals surface area contributed by atoms with Gasteiger partial charge in [0.2, 0.25) is 0 Å². The van der Waals surface area contributed by atoms with Crippen LogP contribution in [0.25, 0.3) is 0 Å². The molecule has 0 amide bonds. The lowest BCUT2D eigenvalue weighted by molar-refractivity contribution is 0.298. The summed E-state index contributed by atoms with van der Waals surface area (Å²) in [4.78, 5) is 0. The van der Waals surface area contributed by atoms with Gasteiger partial charge >= 0.3 is 0 Å². The second kappa shape index (κ2) is 2.91. The van der Waals surface area contributed by atoms with E-state index in [9.17, 15) is 0 Å². The van der Waals surface area contributed by atoms with Gasteiger partial charge in [0.1, 0.15) is 6.07 Å². The quantitative estimate of drug-likeness (QED) is 0.740. The molecule has 1 aromatic heterocycles. The fourth-order valence-electron chi connectivity index (χ4n) is 1.29. The molecule has 0 saturated heterocycles. The van der Waals surface area contributed by atoms with Crippen LogP contribution in [-0.2, 0) is 0 Å². The van der Waals surface area contributed by atoms with Crippen molar-refractivity contribution in [1.82, 2.24) is 5.16 Å². The first-order valence-corrected chi connectivity index (χ1v) is 4.67. The molecular weight excluding hydrogens is 220 g/mol. The van der Waals surface area contributed by atoms with Crippen LogP contribution in [0.3, 0.4) is 0 Å². The first-order valence-electron chi connectivity index (χ1n) is 3.88. The maximum atomic E-state index is 8.60.